The molecule has 3 heteroatoms. The molecule has 0 fully saturated rings. The number of ether oxygens (including phenoxy) is 1. The lowest BCUT2D eigenvalue weighted by atomic mass is 9.86. The number of carbonyl (C=O) groups is 1. The molecule has 0 unspecified atom stereocenters. The van der Waals surface area contributed by atoms with Crippen molar-refractivity contribution in [3.63, 3.8) is 0 Å². The number of carboxylic acids is 1. The standard InChI is InChI=1S/C14H20O3/c1-14(2,13(15)16)10-12-6-4-11(5-7-12)8-9-17-3/h4-7H,8-10H2,1-3H3,(H,15,16). The number of carboxylic acid groups (broad SMARTS) is 1. The Morgan fingerprint density at radius 3 is 2.24 bits per heavy atom. The lowest BCUT2D eigenvalue weighted by Crippen LogP contribution is -2.26. The average molecular weight is 236 g/mol. The van der Waals surface area contributed by atoms with Gasteiger partial charge in [-0.15, -0.1) is 0 Å². The minimum absolute atomic E-state index is 0.549. The van der Waals surface area contributed by atoms with E-state index in [2.05, 4.69) is 0 Å². The van der Waals surface area contributed by atoms with Crippen LogP contribution in [0.3, 0.4) is 0 Å². The van der Waals surface area contributed by atoms with Crippen LogP contribution >= 0.6 is 0 Å². The molecule has 0 aliphatic heterocycles. The van der Waals surface area contributed by atoms with Crippen molar-refractivity contribution in [2.45, 2.75) is 26.7 Å². The number of benzene rings is 1. The summed E-state index contributed by atoms with van der Waals surface area (Å²) in [6.07, 6.45) is 1.44. The van der Waals surface area contributed by atoms with Gasteiger partial charge in [0.25, 0.3) is 0 Å². The summed E-state index contributed by atoms with van der Waals surface area (Å²) in [4.78, 5) is 11.0. The normalized spacial score (nSPS) is 11.5. The Balaban J connectivity index is 2.65. The Hall–Kier alpha value is -1.35. The van der Waals surface area contributed by atoms with Crippen LogP contribution in [-0.2, 0) is 22.4 Å². The molecule has 0 saturated heterocycles. The Labute approximate surface area is 102 Å². The Morgan fingerprint density at radius 1 is 1.24 bits per heavy atom. The summed E-state index contributed by atoms with van der Waals surface area (Å²) in [7, 11) is 1.68. The van der Waals surface area contributed by atoms with Gasteiger partial charge in [0, 0.05) is 7.11 Å². The minimum Gasteiger partial charge on any atom is -0.481 e. The van der Waals surface area contributed by atoms with Gasteiger partial charge in [0.15, 0.2) is 0 Å². The van der Waals surface area contributed by atoms with Crippen molar-refractivity contribution < 1.29 is 14.6 Å². The molecule has 0 atom stereocenters. The molecule has 0 amide bonds. The predicted molar refractivity (Wildman–Crippen MR) is 67.1 cm³/mol. The Morgan fingerprint density at radius 2 is 1.76 bits per heavy atom. The highest BCUT2D eigenvalue weighted by molar-refractivity contribution is 5.74. The van der Waals surface area contributed by atoms with Crippen molar-refractivity contribution in [3.8, 4) is 0 Å². The molecule has 3 nitrogen and oxygen atoms in total. The summed E-state index contributed by atoms with van der Waals surface area (Å²) >= 11 is 0. The van der Waals surface area contributed by atoms with Gasteiger partial charge in [0.05, 0.1) is 12.0 Å². The summed E-state index contributed by atoms with van der Waals surface area (Å²) in [6.45, 7) is 4.20. The second kappa shape index (κ2) is 5.82. The van der Waals surface area contributed by atoms with Crippen LogP contribution in [0.15, 0.2) is 24.3 Å². The van der Waals surface area contributed by atoms with E-state index in [0.717, 1.165) is 12.0 Å². The Bertz CT molecular complexity index is 366. The summed E-state index contributed by atoms with van der Waals surface area (Å²) in [5, 5.41) is 9.06. The second-order valence-electron chi connectivity index (χ2n) is 4.93. The molecule has 0 heterocycles. The summed E-state index contributed by atoms with van der Waals surface area (Å²) in [5.74, 6) is -0.763. The summed E-state index contributed by atoms with van der Waals surface area (Å²) in [5.41, 5.74) is 1.55. The minimum atomic E-state index is -0.763. The molecule has 0 bridgehead atoms. The fourth-order valence-electron chi connectivity index (χ4n) is 1.63. The molecule has 1 rings (SSSR count). The van der Waals surface area contributed by atoms with Crippen molar-refractivity contribution in [1.82, 2.24) is 0 Å². The molecule has 1 aromatic rings. The van der Waals surface area contributed by atoms with E-state index in [0.29, 0.717) is 13.0 Å². The zero-order chi connectivity index (χ0) is 12.9. The maximum Gasteiger partial charge on any atom is 0.309 e. The van der Waals surface area contributed by atoms with Crippen LogP contribution in [-0.4, -0.2) is 24.8 Å². The fraction of sp³-hybridized carbons (Fsp3) is 0.500. The SMILES string of the molecule is COCCc1ccc(CC(C)(C)C(=O)O)cc1. The zero-order valence-electron chi connectivity index (χ0n) is 10.7. The maximum atomic E-state index is 11.0. The molecule has 0 aliphatic rings. The highest BCUT2D eigenvalue weighted by atomic mass is 16.5. The van der Waals surface area contributed by atoms with Crippen LogP contribution in [0.25, 0.3) is 0 Å². The van der Waals surface area contributed by atoms with Crippen LogP contribution in [0, 0.1) is 5.41 Å². The zero-order valence-corrected chi connectivity index (χ0v) is 10.7. The van der Waals surface area contributed by atoms with Crippen LogP contribution < -0.4 is 0 Å². The van der Waals surface area contributed by atoms with Gasteiger partial charge >= 0.3 is 5.97 Å². The molecule has 0 radical (unpaired) electrons. The van der Waals surface area contributed by atoms with Crippen molar-refractivity contribution >= 4 is 5.97 Å². The van der Waals surface area contributed by atoms with Gasteiger partial charge in [-0.25, -0.2) is 0 Å². The number of methoxy groups -OCH3 is 1. The third-order valence-electron chi connectivity index (χ3n) is 2.84. The van der Waals surface area contributed by atoms with Gasteiger partial charge in [-0.3, -0.25) is 4.79 Å². The van der Waals surface area contributed by atoms with Crippen LogP contribution in [0.1, 0.15) is 25.0 Å². The third kappa shape index (κ3) is 4.19. The summed E-state index contributed by atoms with van der Waals surface area (Å²) in [6, 6.07) is 8.06. The first-order valence-corrected chi connectivity index (χ1v) is 5.76. The number of aliphatic carboxylic acids is 1. The molecule has 0 saturated carbocycles. The molecular formula is C14H20O3. The first-order valence-electron chi connectivity index (χ1n) is 5.76. The van der Waals surface area contributed by atoms with Crippen LogP contribution in [0.2, 0.25) is 0 Å². The van der Waals surface area contributed by atoms with Gasteiger partial charge in [-0.05, 0) is 37.8 Å². The molecule has 0 aliphatic carbocycles. The summed E-state index contributed by atoms with van der Waals surface area (Å²) < 4.78 is 5.01. The van der Waals surface area contributed by atoms with Gasteiger partial charge in [-0.2, -0.15) is 0 Å². The quantitative estimate of drug-likeness (QED) is 0.825. The average Bonchev–Trinajstić information content (AvgIpc) is 2.27. The van der Waals surface area contributed by atoms with Crippen molar-refractivity contribution in [1.29, 1.82) is 0 Å². The number of hydrogen-bond acceptors (Lipinski definition) is 2. The highest BCUT2D eigenvalue weighted by Crippen LogP contribution is 2.22. The Kier molecular flexibility index (Phi) is 4.70. The molecule has 1 N–H and O–H groups in total. The van der Waals surface area contributed by atoms with E-state index >= 15 is 0 Å². The smallest absolute Gasteiger partial charge is 0.309 e. The molecule has 1 aromatic carbocycles. The monoisotopic (exact) mass is 236 g/mol. The second-order valence-corrected chi connectivity index (χ2v) is 4.93. The molecule has 0 aromatic heterocycles. The van der Waals surface area contributed by atoms with E-state index < -0.39 is 11.4 Å². The largest absolute Gasteiger partial charge is 0.481 e. The number of hydrogen-bond donors (Lipinski definition) is 1. The van der Waals surface area contributed by atoms with E-state index in [-0.39, 0.29) is 0 Å². The topological polar surface area (TPSA) is 46.5 Å². The fourth-order valence-corrected chi connectivity index (χ4v) is 1.63. The first-order chi connectivity index (χ1) is 7.95. The van der Waals surface area contributed by atoms with Gasteiger partial charge < -0.3 is 9.84 Å². The van der Waals surface area contributed by atoms with E-state index in [1.807, 2.05) is 24.3 Å². The predicted octanol–water partition coefficient (Wildman–Crippen LogP) is 2.53. The molecule has 0 spiro atoms. The van der Waals surface area contributed by atoms with E-state index in [1.165, 1.54) is 5.56 Å². The van der Waals surface area contributed by atoms with Crippen LogP contribution in [0.4, 0.5) is 0 Å². The lowest BCUT2D eigenvalue weighted by molar-refractivity contribution is -0.146. The first kappa shape index (κ1) is 13.7. The molecule has 17 heavy (non-hydrogen) atoms. The highest BCUT2D eigenvalue weighted by Gasteiger charge is 2.27. The molecular weight excluding hydrogens is 216 g/mol. The van der Waals surface area contributed by atoms with E-state index in [4.69, 9.17) is 9.84 Å². The van der Waals surface area contributed by atoms with E-state index in [9.17, 15) is 4.79 Å². The van der Waals surface area contributed by atoms with E-state index in [1.54, 1.807) is 21.0 Å². The van der Waals surface area contributed by atoms with Crippen molar-refractivity contribution in [2.75, 3.05) is 13.7 Å². The third-order valence-corrected chi connectivity index (χ3v) is 2.84. The van der Waals surface area contributed by atoms with Crippen molar-refractivity contribution in [3.05, 3.63) is 35.4 Å². The van der Waals surface area contributed by atoms with Crippen molar-refractivity contribution in [2.24, 2.45) is 5.41 Å². The molecule has 94 valence electrons. The van der Waals surface area contributed by atoms with Gasteiger partial charge in [0.2, 0.25) is 0 Å². The number of rotatable bonds is 6. The lowest BCUT2D eigenvalue weighted by Gasteiger charge is -2.19. The maximum absolute atomic E-state index is 11.0. The van der Waals surface area contributed by atoms with Gasteiger partial charge in [0.1, 0.15) is 0 Å². The van der Waals surface area contributed by atoms with Gasteiger partial charge in [-0.1, -0.05) is 24.3 Å². The van der Waals surface area contributed by atoms with Crippen LogP contribution in [0.5, 0.6) is 0 Å².